The first-order valence-electron chi connectivity index (χ1n) is 13.2. The standard InChI is InChI=1S/C29H41F2N3O5.ClH/c1-20(2)21(18-33-27(36)23-13-7-8-14-26(23)39-16-10-9-15-38-3)17-24(32)25(35)19-34-28(37)29(30,31)22-11-5-4-6-12-22;/h4-8,11-14,20-21,24-25,35H,9-10,15-19,32H2,1-3H3,(H,33,36)(H,34,37);1H. The Morgan fingerprint density at radius 3 is 2.25 bits per heavy atom. The van der Waals surface area contributed by atoms with Crippen molar-refractivity contribution in [3.63, 3.8) is 0 Å². The van der Waals surface area contributed by atoms with E-state index in [1.165, 1.54) is 12.1 Å². The molecule has 40 heavy (non-hydrogen) atoms. The van der Waals surface area contributed by atoms with Crippen molar-refractivity contribution in [3.8, 4) is 5.75 Å². The van der Waals surface area contributed by atoms with Crippen LogP contribution < -0.4 is 21.1 Å². The molecular weight excluding hydrogens is 544 g/mol. The molecule has 0 aliphatic heterocycles. The zero-order chi connectivity index (χ0) is 28.8. The summed E-state index contributed by atoms with van der Waals surface area (Å²) >= 11 is 0. The quantitative estimate of drug-likeness (QED) is 0.209. The highest BCUT2D eigenvalue weighted by atomic mass is 35.5. The Labute approximate surface area is 241 Å². The number of nitrogens with one attached hydrogen (secondary N) is 2. The van der Waals surface area contributed by atoms with Gasteiger partial charge in [-0.05, 0) is 43.2 Å². The van der Waals surface area contributed by atoms with E-state index in [-0.39, 0.29) is 36.7 Å². The summed E-state index contributed by atoms with van der Waals surface area (Å²) in [5.41, 5.74) is 6.14. The number of nitrogens with two attached hydrogens (primary N) is 1. The van der Waals surface area contributed by atoms with Crippen molar-refractivity contribution in [2.45, 2.75) is 51.2 Å². The topological polar surface area (TPSA) is 123 Å². The van der Waals surface area contributed by atoms with Crippen LogP contribution in [0.5, 0.6) is 5.75 Å². The number of alkyl halides is 2. The van der Waals surface area contributed by atoms with Crippen molar-refractivity contribution in [2.75, 3.05) is 33.4 Å². The summed E-state index contributed by atoms with van der Waals surface area (Å²) in [6.07, 6.45) is 0.710. The van der Waals surface area contributed by atoms with E-state index >= 15 is 0 Å². The summed E-state index contributed by atoms with van der Waals surface area (Å²) in [6.45, 7) is 4.91. The van der Waals surface area contributed by atoms with E-state index in [0.717, 1.165) is 25.0 Å². The van der Waals surface area contributed by atoms with E-state index in [1.54, 1.807) is 37.4 Å². The summed E-state index contributed by atoms with van der Waals surface area (Å²) in [6, 6.07) is 12.9. The highest BCUT2D eigenvalue weighted by Gasteiger charge is 2.40. The highest BCUT2D eigenvalue weighted by molar-refractivity contribution is 5.96. The van der Waals surface area contributed by atoms with Gasteiger partial charge in [-0.3, -0.25) is 9.59 Å². The van der Waals surface area contributed by atoms with Gasteiger partial charge in [-0.1, -0.05) is 56.3 Å². The second kappa shape index (κ2) is 17.8. The predicted molar refractivity (Wildman–Crippen MR) is 153 cm³/mol. The van der Waals surface area contributed by atoms with E-state index < -0.39 is 36.1 Å². The molecule has 0 aromatic heterocycles. The van der Waals surface area contributed by atoms with Crippen LogP contribution in [0.15, 0.2) is 54.6 Å². The molecule has 0 spiro atoms. The molecule has 0 bridgehead atoms. The van der Waals surface area contributed by atoms with Crippen molar-refractivity contribution in [3.05, 3.63) is 65.7 Å². The van der Waals surface area contributed by atoms with Crippen molar-refractivity contribution >= 4 is 24.2 Å². The van der Waals surface area contributed by atoms with Gasteiger partial charge in [0.1, 0.15) is 5.75 Å². The first kappa shape index (κ1) is 35.2. The first-order valence-corrected chi connectivity index (χ1v) is 13.2. The van der Waals surface area contributed by atoms with E-state index in [2.05, 4.69) is 10.6 Å². The number of halogens is 3. The molecule has 224 valence electrons. The Morgan fingerprint density at radius 2 is 1.60 bits per heavy atom. The third kappa shape index (κ3) is 11.0. The van der Waals surface area contributed by atoms with Gasteiger partial charge < -0.3 is 30.9 Å². The average molecular weight is 586 g/mol. The van der Waals surface area contributed by atoms with Gasteiger partial charge in [0.25, 0.3) is 11.8 Å². The molecule has 3 unspecified atom stereocenters. The third-order valence-corrected chi connectivity index (χ3v) is 6.56. The number of hydrogen-bond acceptors (Lipinski definition) is 6. The molecule has 0 saturated carbocycles. The molecule has 0 aliphatic rings. The predicted octanol–water partition coefficient (Wildman–Crippen LogP) is 3.90. The van der Waals surface area contributed by atoms with Gasteiger partial charge in [0.05, 0.1) is 18.3 Å². The van der Waals surface area contributed by atoms with E-state index in [0.29, 0.717) is 30.9 Å². The molecule has 0 saturated heterocycles. The number of aliphatic hydroxyl groups is 1. The summed E-state index contributed by atoms with van der Waals surface area (Å²) in [5.74, 6) is -5.05. The van der Waals surface area contributed by atoms with Gasteiger partial charge in [-0.2, -0.15) is 8.78 Å². The molecule has 11 heteroatoms. The van der Waals surface area contributed by atoms with Crippen LogP contribution >= 0.6 is 12.4 Å². The van der Waals surface area contributed by atoms with Crippen LogP contribution in [-0.2, 0) is 15.5 Å². The number of amides is 2. The Bertz CT molecular complexity index is 1030. The zero-order valence-electron chi connectivity index (χ0n) is 23.3. The molecule has 2 amide bonds. The number of unbranched alkanes of at least 4 members (excludes halogenated alkanes) is 1. The minimum absolute atomic E-state index is 0. The van der Waals surface area contributed by atoms with E-state index in [9.17, 15) is 23.5 Å². The number of carbonyl (C=O) groups is 2. The van der Waals surface area contributed by atoms with Crippen molar-refractivity contribution in [2.24, 2.45) is 17.6 Å². The maximum atomic E-state index is 14.4. The molecule has 2 rings (SSSR count). The fraction of sp³-hybridized carbons (Fsp3) is 0.517. The van der Waals surface area contributed by atoms with Gasteiger partial charge >= 0.3 is 5.92 Å². The highest BCUT2D eigenvalue weighted by Crippen LogP contribution is 2.28. The molecule has 8 nitrogen and oxygen atoms in total. The Kier molecular flexibility index (Phi) is 15.7. The largest absolute Gasteiger partial charge is 0.493 e. The molecular formula is C29H42ClF2N3O5. The van der Waals surface area contributed by atoms with Gasteiger partial charge in [-0.25, -0.2) is 0 Å². The van der Waals surface area contributed by atoms with Gasteiger partial charge in [0.15, 0.2) is 0 Å². The summed E-state index contributed by atoms with van der Waals surface area (Å²) in [5, 5.41) is 15.5. The molecule has 5 N–H and O–H groups in total. The second-order valence-corrected chi connectivity index (χ2v) is 9.88. The third-order valence-electron chi connectivity index (χ3n) is 6.56. The normalized spacial score (nSPS) is 13.6. The molecule has 2 aromatic rings. The molecule has 2 aromatic carbocycles. The van der Waals surface area contributed by atoms with Crippen LogP contribution in [0.1, 0.15) is 49.0 Å². The number of para-hydroxylation sites is 1. The monoisotopic (exact) mass is 585 g/mol. The fourth-order valence-electron chi connectivity index (χ4n) is 3.97. The van der Waals surface area contributed by atoms with Crippen LogP contribution in [0.2, 0.25) is 0 Å². The SMILES string of the molecule is COCCCCOc1ccccc1C(=O)NCC(CC(N)C(O)CNC(=O)C(F)(F)c1ccccc1)C(C)C.Cl. The first-order chi connectivity index (χ1) is 18.6. The molecule has 3 atom stereocenters. The maximum absolute atomic E-state index is 14.4. The van der Waals surface area contributed by atoms with Gasteiger partial charge in [0, 0.05) is 38.4 Å². The second-order valence-electron chi connectivity index (χ2n) is 9.88. The summed E-state index contributed by atoms with van der Waals surface area (Å²) in [7, 11) is 1.64. The number of aliphatic hydroxyl groups excluding tert-OH is 1. The van der Waals surface area contributed by atoms with Gasteiger partial charge in [0.2, 0.25) is 0 Å². The number of rotatable bonds is 17. The van der Waals surface area contributed by atoms with Crippen molar-refractivity contribution in [1.29, 1.82) is 0 Å². The minimum Gasteiger partial charge on any atom is -0.493 e. The van der Waals surface area contributed by atoms with Crippen LogP contribution in [0.3, 0.4) is 0 Å². The number of ether oxygens (including phenoxy) is 2. The smallest absolute Gasteiger partial charge is 0.349 e. The minimum atomic E-state index is -3.74. The van der Waals surface area contributed by atoms with Crippen LogP contribution in [0, 0.1) is 11.8 Å². The number of hydrogen-bond donors (Lipinski definition) is 4. The number of carbonyl (C=O) groups excluding carboxylic acids is 2. The molecule has 0 heterocycles. The fourth-order valence-corrected chi connectivity index (χ4v) is 3.97. The lowest BCUT2D eigenvalue weighted by Gasteiger charge is -2.28. The molecule has 0 aliphatic carbocycles. The lowest BCUT2D eigenvalue weighted by Crippen LogP contribution is -2.48. The van der Waals surface area contributed by atoms with E-state index in [1.807, 2.05) is 13.8 Å². The maximum Gasteiger partial charge on any atom is 0.349 e. The molecule has 0 fully saturated rings. The average Bonchev–Trinajstić information content (AvgIpc) is 2.93. The van der Waals surface area contributed by atoms with Crippen LogP contribution in [-0.4, -0.2) is 62.5 Å². The Hall–Kier alpha value is -2.79. The van der Waals surface area contributed by atoms with Gasteiger partial charge in [-0.15, -0.1) is 12.4 Å². The summed E-state index contributed by atoms with van der Waals surface area (Å²) in [4.78, 5) is 25.0. The van der Waals surface area contributed by atoms with Crippen LogP contribution in [0.25, 0.3) is 0 Å². The molecule has 0 radical (unpaired) electrons. The van der Waals surface area contributed by atoms with Crippen molar-refractivity contribution in [1.82, 2.24) is 10.6 Å². The zero-order valence-corrected chi connectivity index (χ0v) is 24.1. The Balaban J connectivity index is 0.00000800. The number of methoxy groups -OCH3 is 1. The van der Waals surface area contributed by atoms with Crippen LogP contribution in [0.4, 0.5) is 8.78 Å². The number of benzene rings is 2. The lowest BCUT2D eigenvalue weighted by atomic mass is 9.87. The summed E-state index contributed by atoms with van der Waals surface area (Å²) < 4.78 is 39.6. The van der Waals surface area contributed by atoms with Crippen molar-refractivity contribution < 1.29 is 33.0 Å². The van der Waals surface area contributed by atoms with E-state index in [4.69, 9.17) is 15.2 Å². The Morgan fingerprint density at radius 1 is 0.975 bits per heavy atom. The lowest BCUT2D eigenvalue weighted by molar-refractivity contribution is -0.147.